The molecule has 2 heterocycles. The number of fused-ring (bicyclic) bond motifs is 2. The van der Waals surface area contributed by atoms with Gasteiger partial charge in [-0.3, -0.25) is 14.4 Å². The maximum atomic E-state index is 13.4. The molecule has 1 aromatic rings. The van der Waals surface area contributed by atoms with Crippen LogP contribution in [0.4, 0.5) is 0 Å². The molecule has 2 aliphatic rings. The molecule has 0 aliphatic carbocycles. The number of hydrogen-bond acceptors (Lipinski definition) is 10. The van der Waals surface area contributed by atoms with Crippen LogP contribution in [-0.4, -0.2) is 74.6 Å². The minimum atomic E-state index is -0.942. The van der Waals surface area contributed by atoms with Crippen LogP contribution in [0.5, 0.6) is 11.5 Å². The van der Waals surface area contributed by atoms with E-state index >= 15 is 0 Å². The van der Waals surface area contributed by atoms with E-state index in [0.717, 1.165) is 0 Å². The summed E-state index contributed by atoms with van der Waals surface area (Å²) in [5.41, 5.74) is 0.540. The second-order valence-corrected chi connectivity index (χ2v) is 10.1. The van der Waals surface area contributed by atoms with Gasteiger partial charge >= 0.3 is 5.97 Å². The van der Waals surface area contributed by atoms with E-state index in [4.69, 9.17) is 28.4 Å². The maximum absolute atomic E-state index is 13.4. The normalized spacial score (nSPS) is 25.9. The highest BCUT2D eigenvalue weighted by atomic mass is 16.8. The number of hydrogen-bond donors (Lipinski definition) is 1. The van der Waals surface area contributed by atoms with Gasteiger partial charge in [0.2, 0.25) is 5.91 Å². The number of nitrogens with one attached hydrogen (secondary N) is 1. The fourth-order valence-corrected chi connectivity index (χ4v) is 4.13. The summed E-state index contributed by atoms with van der Waals surface area (Å²) in [6, 6.07) is 3.05. The number of ether oxygens (including phenoxy) is 6. The Morgan fingerprint density at radius 1 is 1.10 bits per heavy atom. The first-order chi connectivity index (χ1) is 18.9. The van der Waals surface area contributed by atoms with Crippen LogP contribution in [0.3, 0.4) is 0 Å². The van der Waals surface area contributed by atoms with Gasteiger partial charge in [0, 0.05) is 26.0 Å². The number of methoxy groups -OCH3 is 1. The lowest BCUT2D eigenvalue weighted by Gasteiger charge is -2.21. The molecule has 0 bridgehead atoms. The van der Waals surface area contributed by atoms with E-state index in [2.05, 4.69) is 5.32 Å². The lowest BCUT2D eigenvalue weighted by atomic mass is 9.99. The van der Waals surface area contributed by atoms with Gasteiger partial charge in [0.1, 0.15) is 35.9 Å². The van der Waals surface area contributed by atoms with E-state index in [9.17, 15) is 19.2 Å². The summed E-state index contributed by atoms with van der Waals surface area (Å²) in [5, 5.41) is 2.43. The summed E-state index contributed by atoms with van der Waals surface area (Å²) < 4.78 is 34.1. The van der Waals surface area contributed by atoms with Crippen molar-refractivity contribution in [3.05, 3.63) is 41.5 Å². The van der Waals surface area contributed by atoms with E-state index in [1.807, 2.05) is 6.92 Å². The first-order valence-corrected chi connectivity index (χ1v) is 13.0. The molecule has 40 heavy (non-hydrogen) atoms. The van der Waals surface area contributed by atoms with Gasteiger partial charge in [0.05, 0.1) is 12.6 Å². The molecule has 11 nitrogen and oxygen atoms in total. The largest absolute Gasteiger partial charge is 0.486 e. The second-order valence-electron chi connectivity index (χ2n) is 10.1. The smallest absolute Gasteiger partial charge is 0.342 e. The lowest BCUT2D eigenvalue weighted by Crippen LogP contribution is -2.30. The highest BCUT2D eigenvalue weighted by Gasteiger charge is 2.43. The number of amides is 1. The van der Waals surface area contributed by atoms with E-state index in [1.165, 1.54) is 26.2 Å². The molecular formula is C29H37NO10. The molecule has 0 saturated carbocycles. The van der Waals surface area contributed by atoms with Gasteiger partial charge < -0.3 is 33.7 Å². The molecule has 4 atom stereocenters. The average Bonchev–Trinajstić information content (AvgIpc) is 3.21. The van der Waals surface area contributed by atoms with Crippen molar-refractivity contribution in [3.8, 4) is 11.5 Å². The number of carbonyl (C=O) groups is 4. The van der Waals surface area contributed by atoms with Gasteiger partial charge in [-0.05, 0) is 44.9 Å². The lowest BCUT2D eigenvalue weighted by molar-refractivity contribution is -0.152. The van der Waals surface area contributed by atoms with Crippen LogP contribution in [0.2, 0.25) is 0 Å². The Hall–Kier alpha value is -3.54. The van der Waals surface area contributed by atoms with Crippen molar-refractivity contribution in [1.29, 1.82) is 0 Å². The number of Topliss-reactive ketones (excluding diaryl/α,β-unsaturated/α-hetero) is 1. The summed E-state index contributed by atoms with van der Waals surface area (Å²) in [4.78, 5) is 49.6. The molecule has 1 aromatic carbocycles. The van der Waals surface area contributed by atoms with Gasteiger partial charge in [-0.2, -0.15) is 0 Å². The van der Waals surface area contributed by atoms with E-state index in [0.29, 0.717) is 12.0 Å². The Morgan fingerprint density at radius 2 is 1.85 bits per heavy atom. The van der Waals surface area contributed by atoms with Gasteiger partial charge in [-0.25, -0.2) is 4.79 Å². The van der Waals surface area contributed by atoms with Crippen molar-refractivity contribution in [1.82, 2.24) is 5.32 Å². The zero-order valence-corrected chi connectivity index (χ0v) is 23.7. The summed E-state index contributed by atoms with van der Waals surface area (Å²) in [6.45, 7) is 7.72. The monoisotopic (exact) mass is 559 g/mol. The highest BCUT2D eigenvalue weighted by Crippen LogP contribution is 2.34. The average molecular weight is 560 g/mol. The number of benzene rings is 1. The van der Waals surface area contributed by atoms with Crippen LogP contribution < -0.4 is 14.8 Å². The molecule has 1 saturated heterocycles. The van der Waals surface area contributed by atoms with Crippen LogP contribution >= 0.6 is 0 Å². The minimum Gasteiger partial charge on any atom is -0.486 e. The molecule has 2 aliphatic heterocycles. The number of esters is 1. The third kappa shape index (κ3) is 8.48. The molecule has 1 unspecified atom stereocenters. The molecule has 218 valence electrons. The molecule has 0 aromatic heterocycles. The Labute approximate surface area is 233 Å². The Balaban J connectivity index is 2.01. The van der Waals surface area contributed by atoms with Crippen molar-refractivity contribution < 1.29 is 47.6 Å². The molecule has 11 heteroatoms. The fraction of sp³-hybridized carbons (Fsp3) is 0.517. The standard InChI is InChI=1S/C29H37NO10/c1-17-10-11-23(33)27-24(39-29(4,5)40-27)9-7-8-20-12-22(36-15-21(32)14-30-19(3)31)13-25(37-16-35-6)26(20)28(34)38-18(17)2/h7-8,10-13,17-18,24,27H,9,14-16H2,1-6H3,(H,30,31)/b8-7+,11-10-/t17-,18?,24+,27-/m1/s1. The topological polar surface area (TPSA) is 136 Å². The molecule has 1 N–H and O–H groups in total. The Morgan fingerprint density at radius 3 is 2.55 bits per heavy atom. The highest BCUT2D eigenvalue weighted by molar-refractivity contribution is 5.97. The van der Waals surface area contributed by atoms with Crippen LogP contribution in [0.15, 0.2) is 30.4 Å². The summed E-state index contributed by atoms with van der Waals surface area (Å²) in [7, 11) is 1.44. The third-order valence-corrected chi connectivity index (χ3v) is 6.30. The van der Waals surface area contributed by atoms with Crippen molar-refractivity contribution >= 4 is 29.5 Å². The van der Waals surface area contributed by atoms with Crippen LogP contribution in [0, 0.1) is 5.92 Å². The molecule has 0 radical (unpaired) electrons. The molecular weight excluding hydrogens is 522 g/mol. The number of carbonyl (C=O) groups excluding carboxylic acids is 4. The van der Waals surface area contributed by atoms with Gasteiger partial charge in [0.25, 0.3) is 0 Å². The maximum Gasteiger partial charge on any atom is 0.342 e. The second kappa shape index (κ2) is 13.7. The number of ketones is 2. The first kappa shape index (κ1) is 31.0. The molecule has 0 spiro atoms. The van der Waals surface area contributed by atoms with Crippen molar-refractivity contribution in [2.75, 3.05) is 27.1 Å². The predicted octanol–water partition coefficient (Wildman–Crippen LogP) is 3.00. The van der Waals surface area contributed by atoms with Crippen LogP contribution in [-0.2, 0) is 33.3 Å². The Bertz CT molecular complexity index is 1170. The minimum absolute atomic E-state index is 0.135. The van der Waals surface area contributed by atoms with Crippen molar-refractivity contribution in [2.24, 2.45) is 5.92 Å². The van der Waals surface area contributed by atoms with Crippen LogP contribution in [0.1, 0.15) is 57.0 Å². The van der Waals surface area contributed by atoms with Gasteiger partial charge in [0.15, 0.2) is 24.1 Å². The fourth-order valence-electron chi connectivity index (χ4n) is 4.13. The quantitative estimate of drug-likeness (QED) is 0.374. The Kier molecular flexibility index (Phi) is 10.6. The summed E-state index contributed by atoms with van der Waals surface area (Å²) >= 11 is 0. The zero-order valence-electron chi connectivity index (χ0n) is 23.7. The van der Waals surface area contributed by atoms with Crippen LogP contribution in [0.25, 0.3) is 6.08 Å². The van der Waals surface area contributed by atoms with Gasteiger partial charge in [-0.15, -0.1) is 0 Å². The number of rotatable bonds is 8. The SMILES string of the molecule is COCOc1cc(OCC(=O)CNC(C)=O)cc2c1C(=O)OC(C)[C@H](C)/C=C\C(=O)[C@H]1OC(C)(C)O[C@H]1C/C=C/2. The molecule has 1 fully saturated rings. The van der Waals surface area contributed by atoms with Crippen molar-refractivity contribution in [2.45, 2.75) is 65.1 Å². The molecule has 3 rings (SSSR count). The predicted molar refractivity (Wildman–Crippen MR) is 144 cm³/mol. The number of cyclic esters (lactones) is 1. The summed E-state index contributed by atoms with van der Waals surface area (Å²) in [6.07, 6.45) is 4.95. The van der Waals surface area contributed by atoms with Gasteiger partial charge in [-0.1, -0.05) is 25.2 Å². The first-order valence-electron chi connectivity index (χ1n) is 13.0. The summed E-state index contributed by atoms with van der Waals surface area (Å²) in [5.74, 6) is -2.41. The van der Waals surface area contributed by atoms with Crippen molar-refractivity contribution in [3.63, 3.8) is 0 Å². The van der Waals surface area contributed by atoms with E-state index in [1.54, 1.807) is 45.1 Å². The third-order valence-electron chi connectivity index (χ3n) is 6.30. The molecule has 1 amide bonds. The van der Waals surface area contributed by atoms with E-state index < -0.39 is 30.1 Å². The zero-order chi connectivity index (χ0) is 29.4. The van der Waals surface area contributed by atoms with E-state index in [-0.39, 0.29) is 60.4 Å².